The van der Waals surface area contributed by atoms with Gasteiger partial charge < -0.3 is 19.0 Å². The zero-order chi connectivity index (χ0) is 18.8. The molecule has 4 rings (SSSR count). The SMILES string of the molecule is COc1ccc2c(c1)c(C(=O)NCc1ccco1)c(C)n2C1CCCCC1. The summed E-state index contributed by atoms with van der Waals surface area (Å²) in [5, 5.41) is 3.95. The molecule has 2 aromatic heterocycles. The highest BCUT2D eigenvalue weighted by Gasteiger charge is 2.25. The quantitative estimate of drug-likeness (QED) is 0.692. The van der Waals surface area contributed by atoms with Crippen LogP contribution in [0.15, 0.2) is 41.0 Å². The molecule has 5 heteroatoms. The van der Waals surface area contributed by atoms with Crippen LogP contribution < -0.4 is 10.1 Å². The van der Waals surface area contributed by atoms with Crippen molar-refractivity contribution >= 4 is 16.8 Å². The highest BCUT2D eigenvalue weighted by atomic mass is 16.5. The first kappa shape index (κ1) is 17.7. The molecule has 2 heterocycles. The second-order valence-electron chi connectivity index (χ2n) is 7.27. The minimum Gasteiger partial charge on any atom is -0.497 e. The van der Waals surface area contributed by atoms with Crippen LogP contribution in [0.4, 0.5) is 0 Å². The third-order valence-electron chi connectivity index (χ3n) is 5.63. The molecule has 0 radical (unpaired) electrons. The first-order valence-corrected chi connectivity index (χ1v) is 9.68. The highest BCUT2D eigenvalue weighted by Crippen LogP contribution is 2.37. The van der Waals surface area contributed by atoms with Crippen molar-refractivity contribution < 1.29 is 13.9 Å². The van der Waals surface area contributed by atoms with E-state index in [4.69, 9.17) is 9.15 Å². The standard InChI is InChI=1S/C22H26N2O3/c1-15-21(22(25)23-14-18-9-6-12-27-18)19-13-17(26-2)10-11-20(19)24(15)16-7-4-3-5-8-16/h6,9-13,16H,3-5,7-8,14H2,1-2H3,(H,23,25). The predicted octanol–water partition coefficient (Wildman–Crippen LogP) is 4.99. The Hall–Kier alpha value is -2.69. The van der Waals surface area contributed by atoms with Gasteiger partial charge in [-0.1, -0.05) is 19.3 Å². The number of nitrogens with one attached hydrogen (secondary N) is 1. The van der Waals surface area contributed by atoms with E-state index in [9.17, 15) is 4.79 Å². The van der Waals surface area contributed by atoms with Gasteiger partial charge in [0.2, 0.25) is 0 Å². The van der Waals surface area contributed by atoms with Crippen molar-refractivity contribution in [2.24, 2.45) is 0 Å². The fraction of sp³-hybridized carbons (Fsp3) is 0.409. The first-order valence-electron chi connectivity index (χ1n) is 9.68. The Balaban J connectivity index is 1.75. The number of carbonyl (C=O) groups excluding carboxylic acids is 1. The predicted molar refractivity (Wildman–Crippen MR) is 105 cm³/mol. The van der Waals surface area contributed by atoms with Gasteiger partial charge in [0, 0.05) is 22.6 Å². The van der Waals surface area contributed by atoms with Gasteiger partial charge in [0.25, 0.3) is 5.91 Å². The van der Waals surface area contributed by atoms with Gasteiger partial charge in [-0.3, -0.25) is 4.79 Å². The van der Waals surface area contributed by atoms with Crippen LogP contribution >= 0.6 is 0 Å². The second-order valence-corrected chi connectivity index (χ2v) is 7.27. The number of carbonyl (C=O) groups is 1. The number of nitrogens with zero attached hydrogens (tertiary/aromatic N) is 1. The average Bonchev–Trinajstić information content (AvgIpc) is 3.31. The smallest absolute Gasteiger partial charge is 0.254 e. The number of hydrogen-bond acceptors (Lipinski definition) is 3. The van der Waals surface area contributed by atoms with E-state index in [1.807, 2.05) is 24.3 Å². The molecule has 0 saturated heterocycles. The monoisotopic (exact) mass is 366 g/mol. The van der Waals surface area contributed by atoms with E-state index in [1.165, 1.54) is 32.1 Å². The van der Waals surface area contributed by atoms with Crippen molar-refractivity contribution in [1.82, 2.24) is 9.88 Å². The van der Waals surface area contributed by atoms with Crippen molar-refractivity contribution in [1.29, 1.82) is 0 Å². The van der Waals surface area contributed by atoms with E-state index in [0.717, 1.165) is 33.7 Å². The van der Waals surface area contributed by atoms with Crippen molar-refractivity contribution in [3.63, 3.8) is 0 Å². The molecule has 0 bridgehead atoms. The molecule has 1 aliphatic rings. The molecule has 1 aromatic carbocycles. The molecule has 0 spiro atoms. The van der Waals surface area contributed by atoms with Gasteiger partial charge >= 0.3 is 0 Å². The highest BCUT2D eigenvalue weighted by molar-refractivity contribution is 6.08. The molecule has 27 heavy (non-hydrogen) atoms. The van der Waals surface area contributed by atoms with E-state index in [2.05, 4.69) is 22.9 Å². The zero-order valence-electron chi connectivity index (χ0n) is 16.0. The summed E-state index contributed by atoms with van der Waals surface area (Å²) in [6.45, 7) is 2.44. The van der Waals surface area contributed by atoms with Gasteiger partial charge in [-0.2, -0.15) is 0 Å². The summed E-state index contributed by atoms with van der Waals surface area (Å²) in [4.78, 5) is 13.1. The number of methoxy groups -OCH3 is 1. The van der Waals surface area contributed by atoms with Crippen LogP contribution in [0, 0.1) is 6.92 Å². The molecule has 1 amide bonds. The first-order chi connectivity index (χ1) is 13.2. The van der Waals surface area contributed by atoms with Crippen LogP contribution in [0.5, 0.6) is 5.75 Å². The van der Waals surface area contributed by atoms with E-state index in [-0.39, 0.29) is 5.91 Å². The lowest BCUT2D eigenvalue weighted by Gasteiger charge is -2.26. The fourth-order valence-corrected chi connectivity index (χ4v) is 4.31. The second kappa shape index (κ2) is 7.51. The Morgan fingerprint density at radius 3 is 2.78 bits per heavy atom. The van der Waals surface area contributed by atoms with Crippen molar-refractivity contribution in [2.45, 2.75) is 51.6 Å². The van der Waals surface area contributed by atoms with Crippen molar-refractivity contribution in [3.8, 4) is 5.75 Å². The lowest BCUT2D eigenvalue weighted by atomic mass is 9.95. The van der Waals surface area contributed by atoms with Gasteiger partial charge in [-0.25, -0.2) is 0 Å². The lowest BCUT2D eigenvalue weighted by Crippen LogP contribution is -2.23. The van der Waals surface area contributed by atoms with Gasteiger partial charge in [-0.15, -0.1) is 0 Å². The number of hydrogen-bond donors (Lipinski definition) is 1. The molecule has 1 fully saturated rings. The largest absolute Gasteiger partial charge is 0.497 e. The number of aromatic nitrogens is 1. The van der Waals surface area contributed by atoms with Gasteiger partial charge in [0.1, 0.15) is 11.5 Å². The maximum Gasteiger partial charge on any atom is 0.254 e. The summed E-state index contributed by atoms with van der Waals surface area (Å²) >= 11 is 0. The summed E-state index contributed by atoms with van der Waals surface area (Å²) < 4.78 is 13.1. The topological polar surface area (TPSA) is 56.4 Å². The number of amides is 1. The molecule has 5 nitrogen and oxygen atoms in total. The molecule has 1 N–H and O–H groups in total. The number of rotatable bonds is 5. The third-order valence-corrected chi connectivity index (χ3v) is 5.63. The van der Waals surface area contributed by atoms with Crippen molar-refractivity contribution in [3.05, 3.63) is 53.6 Å². The molecule has 0 aliphatic heterocycles. The Labute approximate surface area is 159 Å². The van der Waals surface area contributed by atoms with E-state index < -0.39 is 0 Å². The Morgan fingerprint density at radius 1 is 1.26 bits per heavy atom. The number of benzene rings is 1. The Morgan fingerprint density at radius 2 is 2.07 bits per heavy atom. The van der Waals surface area contributed by atoms with Crippen LogP contribution in [0.1, 0.15) is 60.0 Å². The summed E-state index contributed by atoms with van der Waals surface area (Å²) in [6.07, 6.45) is 7.76. The maximum absolute atomic E-state index is 13.1. The van der Waals surface area contributed by atoms with E-state index in [1.54, 1.807) is 13.4 Å². The number of fused-ring (bicyclic) bond motifs is 1. The van der Waals surface area contributed by atoms with E-state index in [0.29, 0.717) is 12.6 Å². The molecule has 3 aromatic rings. The zero-order valence-corrected chi connectivity index (χ0v) is 16.0. The number of furan rings is 1. The molecule has 0 unspecified atom stereocenters. The molecule has 0 atom stereocenters. The van der Waals surface area contributed by atoms with Gasteiger partial charge in [0.05, 0.1) is 25.5 Å². The summed E-state index contributed by atoms with van der Waals surface area (Å²) in [7, 11) is 1.66. The molecular weight excluding hydrogens is 340 g/mol. The summed E-state index contributed by atoms with van der Waals surface area (Å²) in [6, 6.07) is 10.2. The average molecular weight is 366 g/mol. The Bertz CT molecular complexity index is 934. The summed E-state index contributed by atoms with van der Waals surface area (Å²) in [5.41, 5.74) is 2.88. The van der Waals surface area contributed by atoms with Crippen LogP contribution in [-0.4, -0.2) is 17.6 Å². The molecule has 1 aliphatic carbocycles. The van der Waals surface area contributed by atoms with Crippen LogP contribution in [0.3, 0.4) is 0 Å². The van der Waals surface area contributed by atoms with Crippen molar-refractivity contribution in [2.75, 3.05) is 7.11 Å². The fourth-order valence-electron chi connectivity index (χ4n) is 4.31. The van der Waals surface area contributed by atoms with Crippen LogP contribution in [-0.2, 0) is 6.54 Å². The number of ether oxygens (including phenoxy) is 1. The van der Waals surface area contributed by atoms with Crippen LogP contribution in [0.2, 0.25) is 0 Å². The molecule has 142 valence electrons. The molecule has 1 saturated carbocycles. The maximum atomic E-state index is 13.1. The van der Waals surface area contributed by atoms with E-state index >= 15 is 0 Å². The van der Waals surface area contributed by atoms with Gasteiger partial charge in [0.15, 0.2) is 0 Å². The minimum atomic E-state index is -0.0725. The Kier molecular flexibility index (Phi) is 4.92. The lowest BCUT2D eigenvalue weighted by molar-refractivity contribution is 0.0948. The van der Waals surface area contributed by atoms with Gasteiger partial charge in [-0.05, 0) is 50.1 Å². The third kappa shape index (κ3) is 3.34. The summed E-state index contributed by atoms with van der Waals surface area (Å²) in [5.74, 6) is 1.44. The molecular formula is C22H26N2O3. The van der Waals surface area contributed by atoms with Crippen LogP contribution in [0.25, 0.3) is 10.9 Å². The minimum absolute atomic E-state index is 0.0725. The normalized spacial score (nSPS) is 15.2.